The zero-order chi connectivity index (χ0) is 26.5. The molecule has 0 aliphatic rings. The number of hydrogen-bond acceptors (Lipinski definition) is 5. The van der Waals surface area contributed by atoms with E-state index in [2.05, 4.69) is 5.32 Å². The average Bonchev–Trinajstić information content (AvgIpc) is 3.41. The molecule has 37 heavy (non-hydrogen) atoms. The van der Waals surface area contributed by atoms with Crippen molar-refractivity contribution in [3.8, 4) is 5.75 Å². The number of urea groups is 1. The van der Waals surface area contributed by atoms with Crippen LogP contribution in [0.2, 0.25) is 0 Å². The molecular formula is C28H34FN3O5. The molecule has 0 radical (unpaired) electrons. The highest BCUT2D eigenvalue weighted by Gasteiger charge is 2.23. The minimum Gasteiger partial charge on any atom is -0.492 e. The number of nitrogens with zero attached hydrogens (tertiary/aromatic N) is 2. The zero-order valence-electron chi connectivity index (χ0n) is 21.3. The van der Waals surface area contributed by atoms with Crippen molar-refractivity contribution in [2.45, 2.75) is 33.4 Å². The second kappa shape index (κ2) is 14.6. The molecule has 0 unspecified atom stereocenters. The van der Waals surface area contributed by atoms with Crippen molar-refractivity contribution >= 4 is 17.6 Å². The molecule has 0 saturated heterocycles. The Morgan fingerprint density at radius 3 is 2.43 bits per heavy atom. The molecule has 3 aromatic rings. The number of para-hydroxylation sites is 2. The van der Waals surface area contributed by atoms with Gasteiger partial charge in [0.25, 0.3) is 0 Å². The highest BCUT2D eigenvalue weighted by molar-refractivity contribution is 5.93. The van der Waals surface area contributed by atoms with E-state index in [0.717, 1.165) is 5.56 Å². The van der Waals surface area contributed by atoms with Crippen LogP contribution in [-0.4, -0.2) is 54.6 Å². The summed E-state index contributed by atoms with van der Waals surface area (Å²) in [5.41, 5.74) is 1.29. The third-order valence-electron chi connectivity index (χ3n) is 5.53. The van der Waals surface area contributed by atoms with Gasteiger partial charge in [-0.3, -0.25) is 4.79 Å². The first-order valence-corrected chi connectivity index (χ1v) is 12.4. The van der Waals surface area contributed by atoms with E-state index in [0.29, 0.717) is 50.0 Å². The molecule has 1 aromatic heterocycles. The molecule has 0 saturated carbocycles. The van der Waals surface area contributed by atoms with Crippen LogP contribution in [0.5, 0.6) is 5.75 Å². The molecule has 0 atom stereocenters. The Kier molecular flexibility index (Phi) is 11.0. The van der Waals surface area contributed by atoms with Gasteiger partial charge in [0.1, 0.15) is 23.9 Å². The van der Waals surface area contributed by atoms with Gasteiger partial charge in [0.15, 0.2) is 0 Å². The normalized spacial score (nSPS) is 10.7. The Hall–Kier alpha value is -3.85. The highest BCUT2D eigenvalue weighted by Crippen LogP contribution is 2.24. The fraction of sp³-hybridized carbons (Fsp3) is 0.357. The number of ether oxygens (including phenoxy) is 2. The second-order valence-electron chi connectivity index (χ2n) is 8.29. The molecule has 2 aromatic carbocycles. The summed E-state index contributed by atoms with van der Waals surface area (Å²) in [5.74, 6) is 0.533. The largest absolute Gasteiger partial charge is 0.492 e. The molecule has 3 rings (SSSR count). The van der Waals surface area contributed by atoms with Crippen molar-refractivity contribution in [1.82, 2.24) is 9.80 Å². The monoisotopic (exact) mass is 511 g/mol. The lowest BCUT2D eigenvalue weighted by atomic mass is 10.2. The number of halogens is 1. The van der Waals surface area contributed by atoms with Gasteiger partial charge in [0.05, 0.1) is 25.1 Å². The third-order valence-corrected chi connectivity index (χ3v) is 5.53. The van der Waals surface area contributed by atoms with E-state index in [1.54, 1.807) is 53.6 Å². The topological polar surface area (TPSA) is 84.2 Å². The van der Waals surface area contributed by atoms with Gasteiger partial charge in [-0.2, -0.15) is 0 Å². The van der Waals surface area contributed by atoms with E-state index in [1.807, 2.05) is 19.9 Å². The number of anilines is 1. The van der Waals surface area contributed by atoms with Gasteiger partial charge in [-0.1, -0.05) is 24.3 Å². The van der Waals surface area contributed by atoms with Crippen molar-refractivity contribution < 1.29 is 27.9 Å². The van der Waals surface area contributed by atoms with Crippen LogP contribution in [0.15, 0.2) is 71.3 Å². The maximum Gasteiger partial charge on any atom is 0.322 e. The van der Waals surface area contributed by atoms with Crippen LogP contribution in [-0.2, 0) is 22.6 Å². The van der Waals surface area contributed by atoms with Crippen LogP contribution in [0.25, 0.3) is 0 Å². The summed E-state index contributed by atoms with van der Waals surface area (Å²) in [4.78, 5) is 29.8. The number of benzene rings is 2. The number of furan rings is 1. The predicted octanol–water partition coefficient (Wildman–Crippen LogP) is 5.31. The van der Waals surface area contributed by atoms with Gasteiger partial charge in [0.2, 0.25) is 5.91 Å². The fourth-order valence-electron chi connectivity index (χ4n) is 3.70. The lowest BCUT2D eigenvalue weighted by Crippen LogP contribution is -2.44. The molecule has 0 aliphatic heterocycles. The summed E-state index contributed by atoms with van der Waals surface area (Å²) in [5, 5.41) is 2.87. The summed E-state index contributed by atoms with van der Waals surface area (Å²) in [6.07, 6.45) is 2.11. The van der Waals surface area contributed by atoms with Crippen molar-refractivity contribution in [2.75, 3.05) is 38.2 Å². The SMILES string of the molecule is CCOCCCN(CC(=O)N(Cc1ccc(F)cc1)Cc1ccco1)C(=O)Nc1ccccc1OCC. The third kappa shape index (κ3) is 8.95. The van der Waals surface area contributed by atoms with Crippen LogP contribution in [0.1, 0.15) is 31.6 Å². The molecule has 8 nitrogen and oxygen atoms in total. The average molecular weight is 512 g/mol. The maximum atomic E-state index is 13.5. The Morgan fingerprint density at radius 2 is 1.73 bits per heavy atom. The van der Waals surface area contributed by atoms with Crippen molar-refractivity contribution in [3.63, 3.8) is 0 Å². The fourth-order valence-corrected chi connectivity index (χ4v) is 3.70. The van der Waals surface area contributed by atoms with Crippen LogP contribution in [0, 0.1) is 5.82 Å². The zero-order valence-corrected chi connectivity index (χ0v) is 21.3. The smallest absolute Gasteiger partial charge is 0.322 e. The molecule has 0 fully saturated rings. The minimum absolute atomic E-state index is 0.156. The van der Waals surface area contributed by atoms with E-state index >= 15 is 0 Å². The number of rotatable bonds is 14. The molecule has 0 spiro atoms. The molecule has 1 N–H and O–H groups in total. The van der Waals surface area contributed by atoms with Gasteiger partial charge in [-0.05, 0) is 62.2 Å². The second-order valence-corrected chi connectivity index (χ2v) is 8.29. The lowest BCUT2D eigenvalue weighted by Gasteiger charge is -2.28. The quantitative estimate of drug-likeness (QED) is 0.297. The Labute approximate surface area is 217 Å². The molecule has 0 aliphatic carbocycles. The van der Waals surface area contributed by atoms with Crippen molar-refractivity contribution in [2.24, 2.45) is 0 Å². The van der Waals surface area contributed by atoms with Crippen LogP contribution in [0.4, 0.5) is 14.9 Å². The van der Waals surface area contributed by atoms with Gasteiger partial charge in [-0.25, -0.2) is 9.18 Å². The first-order valence-electron chi connectivity index (χ1n) is 12.4. The van der Waals surface area contributed by atoms with Gasteiger partial charge >= 0.3 is 6.03 Å². The van der Waals surface area contributed by atoms with E-state index in [1.165, 1.54) is 17.0 Å². The Balaban J connectivity index is 1.76. The van der Waals surface area contributed by atoms with E-state index < -0.39 is 6.03 Å². The summed E-state index contributed by atoms with van der Waals surface area (Å²) >= 11 is 0. The van der Waals surface area contributed by atoms with Gasteiger partial charge < -0.3 is 29.0 Å². The van der Waals surface area contributed by atoms with Gasteiger partial charge in [0, 0.05) is 26.3 Å². The number of amides is 3. The molecule has 3 amide bonds. The summed E-state index contributed by atoms with van der Waals surface area (Å²) in [6.45, 7) is 5.88. The molecule has 0 bridgehead atoms. The maximum absolute atomic E-state index is 13.5. The number of nitrogens with one attached hydrogen (secondary N) is 1. The number of carbonyl (C=O) groups excluding carboxylic acids is 2. The van der Waals surface area contributed by atoms with Crippen LogP contribution >= 0.6 is 0 Å². The molecule has 1 heterocycles. The van der Waals surface area contributed by atoms with E-state index in [4.69, 9.17) is 13.9 Å². The summed E-state index contributed by atoms with van der Waals surface area (Å²) < 4.78 is 29.9. The van der Waals surface area contributed by atoms with Gasteiger partial charge in [-0.15, -0.1) is 0 Å². The standard InChI is InChI=1S/C28H34FN3O5/c1-3-35-17-8-16-31(28(34)30-25-10-5-6-11-26(25)36-4-2)21-27(33)32(20-24-9-7-18-37-24)19-22-12-14-23(29)15-13-22/h5-7,9-15,18H,3-4,8,16-17,19-21H2,1-2H3,(H,30,34). The molecule has 198 valence electrons. The Bertz CT molecular complexity index is 1110. The Morgan fingerprint density at radius 1 is 0.946 bits per heavy atom. The first kappa shape index (κ1) is 27.7. The summed E-state index contributed by atoms with van der Waals surface area (Å²) in [6, 6.07) is 16.2. The molecular weight excluding hydrogens is 477 g/mol. The van der Waals surface area contributed by atoms with Crippen LogP contribution < -0.4 is 10.1 Å². The lowest BCUT2D eigenvalue weighted by molar-refractivity contribution is -0.133. The van der Waals surface area contributed by atoms with Crippen LogP contribution in [0.3, 0.4) is 0 Å². The summed E-state index contributed by atoms with van der Waals surface area (Å²) in [7, 11) is 0. The minimum atomic E-state index is -0.420. The van der Waals surface area contributed by atoms with E-state index in [9.17, 15) is 14.0 Å². The van der Waals surface area contributed by atoms with Crippen molar-refractivity contribution in [1.29, 1.82) is 0 Å². The highest BCUT2D eigenvalue weighted by atomic mass is 19.1. The molecule has 9 heteroatoms. The number of carbonyl (C=O) groups is 2. The number of hydrogen-bond donors (Lipinski definition) is 1. The first-order chi connectivity index (χ1) is 18.0. The predicted molar refractivity (Wildman–Crippen MR) is 139 cm³/mol. The van der Waals surface area contributed by atoms with E-state index in [-0.39, 0.29) is 31.4 Å². The van der Waals surface area contributed by atoms with Crippen molar-refractivity contribution in [3.05, 3.63) is 84.1 Å².